The lowest BCUT2D eigenvalue weighted by Crippen LogP contribution is -2.38. The van der Waals surface area contributed by atoms with Crippen LogP contribution in [0.5, 0.6) is 0 Å². The fourth-order valence-corrected chi connectivity index (χ4v) is 4.70. The Morgan fingerprint density at radius 1 is 1.28 bits per heavy atom. The SMILES string of the molecule is CC[C@H]1C[C@H](C(F)(F)F)n2nc([C@@H]3CCN(CC(=O)Nc4ccc(C)cc4C)C3)cc2N1. The molecule has 2 aliphatic heterocycles. The van der Waals surface area contributed by atoms with E-state index in [9.17, 15) is 18.0 Å². The molecule has 9 heteroatoms. The molecule has 0 aliphatic carbocycles. The summed E-state index contributed by atoms with van der Waals surface area (Å²) in [6, 6.07) is 5.82. The van der Waals surface area contributed by atoms with E-state index in [1.54, 1.807) is 6.07 Å². The summed E-state index contributed by atoms with van der Waals surface area (Å²) in [4.78, 5) is 14.6. The number of aromatic nitrogens is 2. The molecule has 0 saturated carbocycles. The molecule has 0 bridgehead atoms. The highest BCUT2D eigenvalue weighted by atomic mass is 19.4. The molecule has 0 radical (unpaired) electrons. The van der Waals surface area contributed by atoms with E-state index in [2.05, 4.69) is 15.7 Å². The number of fused-ring (bicyclic) bond motifs is 1. The Balaban J connectivity index is 1.40. The summed E-state index contributed by atoms with van der Waals surface area (Å²) < 4.78 is 41.9. The second-order valence-electron chi connectivity index (χ2n) is 9.03. The Labute approximate surface area is 186 Å². The second-order valence-corrected chi connectivity index (χ2v) is 9.03. The fraction of sp³-hybridized carbons (Fsp3) is 0.565. The van der Waals surface area contributed by atoms with Crippen molar-refractivity contribution < 1.29 is 18.0 Å². The summed E-state index contributed by atoms with van der Waals surface area (Å²) in [6.07, 6.45) is -2.95. The van der Waals surface area contributed by atoms with Crippen molar-refractivity contribution in [1.82, 2.24) is 14.7 Å². The van der Waals surface area contributed by atoms with E-state index in [1.165, 1.54) is 0 Å². The Hall–Kier alpha value is -2.55. The van der Waals surface area contributed by atoms with E-state index in [4.69, 9.17) is 0 Å². The highest BCUT2D eigenvalue weighted by Crippen LogP contribution is 2.41. The quantitative estimate of drug-likeness (QED) is 0.699. The molecule has 0 unspecified atom stereocenters. The third-order valence-electron chi connectivity index (χ3n) is 6.49. The number of amides is 1. The van der Waals surface area contributed by atoms with Gasteiger partial charge in [-0.3, -0.25) is 9.69 Å². The Morgan fingerprint density at radius 2 is 2.06 bits per heavy atom. The first-order chi connectivity index (χ1) is 15.1. The van der Waals surface area contributed by atoms with E-state index >= 15 is 0 Å². The van der Waals surface area contributed by atoms with Crippen LogP contribution in [-0.2, 0) is 4.79 Å². The number of hydrogen-bond donors (Lipinski definition) is 2. The summed E-state index contributed by atoms with van der Waals surface area (Å²) in [5.41, 5.74) is 3.61. The number of alkyl halides is 3. The van der Waals surface area contributed by atoms with Gasteiger partial charge in [-0.1, -0.05) is 24.6 Å². The number of nitrogens with one attached hydrogen (secondary N) is 2. The van der Waals surface area contributed by atoms with Gasteiger partial charge in [-0.25, -0.2) is 4.68 Å². The van der Waals surface area contributed by atoms with Crippen LogP contribution in [0.2, 0.25) is 0 Å². The highest BCUT2D eigenvalue weighted by molar-refractivity contribution is 5.93. The first-order valence-electron chi connectivity index (χ1n) is 11.2. The molecule has 1 fully saturated rings. The van der Waals surface area contributed by atoms with Crippen molar-refractivity contribution in [3.05, 3.63) is 41.1 Å². The molecule has 2 aromatic rings. The molecular weight excluding hydrogens is 419 g/mol. The third-order valence-corrected chi connectivity index (χ3v) is 6.49. The van der Waals surface area contributed by atoms with Crippen LogP contribution in [0.4, 0.5) is 24.7 Å². The summed E-state index contributed by atoms with van der Waals surface area (Å²) in [5.74, 6) is 0.357. The Kier molecular flexibility index (Phi) is 6.20. The summed E-state index contributed by atoms with van der Waals surface area (Å²) >= 11 is 0. The molecule has 6 nitrogen and oxygen atoms in total. The average Bonchev–Trinajstić information content (AvgIpc) is 3.35. The van der Waals surface area contributed by atoms with Gasteiger partial charge in [-0.05, 0) is 51.3 Å². The van der Waals surface area contributed by atoms with Crippen molar-refractivity contribution >= 4 is 17.4 Å². The monoisotopic (exact) mass is 449 g/mol. The zero-order chi connectivity index (χ0) is 23.0. The normalized spacial score (nSPS) is 23.6. The van der Waals surface area contributed by atoms with Crippen LogP contribution in [0.15, 0.2) is 24.3 Å². The minimum Gasteiger partial charge on any atom is -0.367 e. The number of rotatable bonds is 5. The molecule has 32 heavy (non-hydrogen) atoms. The minimum absolute atomic E-state index is 0.0104. The van der Waals surface area contributed by atoms with Crippen LogP contribution in [0, 0.1) is 13.8 Å². The van der Waals surface area contributed by atoms with Crippen LogP contribution in [-0.4, -0.2) is 52.4 Å². The molecule has 3 heterocycles. The van der Waals surface area contributed by atoms with Crippen molar-refractivity contribution in [3.63, 3.8) is 0 Å². The molecule has 1 saturated heterocycles. The zero-order valence-corrected chi connectivity index (χ0v) is 18.7. The van der Waals surface area contributed by atoms with Crippen LogP contribution in [0.25, 0.3) is 0 Å². The number of nitrogens with zero attached hydrogens (tertiary/aromatic N) is 3. The summed E-state index contributed by atoms with van der Waals surface area (Å²) in [7, 11) is 0. The first-order valence-corrected chi connectivity index (χ1v) is 11.2. The fourth-order valence-electron chi connectivity index (χ4n) is 4.70. The van der Waals surface area contributed by atoms with Crippen molar-refractivity contribution in [2.45, 2.75) is 64.2 Å². The average molecular weight is 450 g/mol. The molecular formula is C23H30F3N5O. The van der Waals surface area contributed by atoms with Gasteiger partial charge in [0.25, 0.3) is 0 Å². The Bertz CT molecular complexity index is 986. The topological polar surface area (TPSA) is 62.2 Å². The van der Waals surface area contributed by atoms with Crippen LogP contribution < -0.4 is 10.6 Å². The lowest BCUT2D eigenvalue weighted by atomic mass is 10.0. The van der Waals surface area contributed by atoms with Crippen molar-refractivity contribution in [1.29, 1.82) is 0 Å². The van der Waals surface area contributed by atoms with Gasteiger partial charge in [0.1, 0.15) is 5.82 Å². The minimum atomic E-state index is -4.33. The van der Waals surface area contributed by atoms with Gasteiger partial charge in [-0.2, -0.15) is 18.3 Å². The number of aryl methyl sites for hydroxylation is 2. The van der Waals surface area contributed by atoms with Gasteiger partial charge < -0.3 is 10.6 Å². The summed E-state index contributed by atoms with van der Waals surface area (Å²) in [5, 5.41) is 10.5. The molecule has 2 aliphatic rings. The van der Waals surface area contributed by atoms with E-state index in [1.807, 2.05) is 43.9 Å². The van der Waals surface area contributed by atoms with E-state index < -0.39 is 12.2 Å². The third kappa shape index (κ3) is 4.77. The molecule has 1 amide bonds. The summed E-state index contributed by atoms with van der Waals surface area (Å²) in [6.45, 7) is 7.41. The van der Waals surface area contributed by atoms with E-state index in [0.29, 0.717) is 31.0 Å². The molecule has 0 spiro atoms. The second kappa shape index (κ2) is 8.77. The molecule has 174 valence electrons. The highest BCUT2D eigenvalue weighted by Gasteiger charge is 2.46. The lowest BCUT2D eigenvalue weighted by molar-refractivity contribution is -0.173. The molecule has 1 aromatic carbocycles. The predicted molar refractivity (Wildman–Crippen MR) is 118 cm³/mol. The number of likely N-dealkylation sites (tertiary alicyclic amines) is 1. The number of hydrogen-bond acceptors (Lipinski definition) is 4. The zero-order valence-electron chi connectivity index (χ0n) is 18.7. The van der Waals surface area contributed by atoms with Gasteiger partial charge in [-0.15, -0.1) is 0 Å². The van der Waals surface area contributed by atoms with Crippen LogP contribution >= 0.6 is 0 Å². The number of carbonyl (C=O) groups excluding carboxylic acids is 1. The van der Waals surface area contributed by atoms with Crippen molar-refractivity contribution in [2.24, 2.45) is 0 Å². The predicted octanol–water partition coefficient (Wildman–Crippen LogP) is 4.63. The maximum absolute atomic E-state index is 13.6. The number of halogens is 3. The van der Waals surface area contributed by atoms with Gasteiger partial charge in [0.05, 0.1) is 12.2 Å². The van der Waals surface area contributed by atoms with Crippen molar-refractivity contribution in [3.8, 4) is 0 Å². The maximum Gasteiger partial charge on any atom is 0.410 e. The van der Waals surface area contributed by atoms with Gasteiger partial charge in [0, 0.05) is 30.3 Å². The van der Waals surface area contributed by atoms with Gasteiger partial charge in [0.15, 0.2) is 6.04 Å². The number of anilines is 2. The van der Waals surface area contributed by atoms with Crippen molar-refractivity contribution in [2.75, 3.05) is 30.3 Å². The number of carbonyl (C=O) groups is 1. The molecule has 2 N–H and O–H groups in total. The maximum atomic E-state index is 13.6. The lowest BCUT2D eigenvalue weighted by Gasteiger charge is -2.32. The Morgan fingerprint density at radius 3 is 2.75 bits per heavy atom. The smallest absolute Gasteiger partial charge is 0.367 e. The van der Waals surface area contributed by atoms with E-state index in [-0.39, 0.29) is 30.8 Å². The molecule has 1 aromatic heterocycles. The van der Waals surface area contributed by atoms with E-state index in [0.717, 1.165) is 27.9 Å². The van der Waals surface area contributed by atoms with Crippen LogP contribution in [0.3, 0.4) is 0 Å². The molecule has 4 rings (SSSR count). The van der Waals surface area contributed by atoms with Crippen LogP contribution in [0.1, 0.15) is 55.0 Å². The first kappa shape index (κ1) is 22.6. The molecule has 3 atom stereocenters. The number of benzene rings is 1. The van der Waals surface area contributed by atoms with Gasteiger partial charge >= 0.3 is 6.18 Å². The standard InChI is InChI=1S/C23H30F3N5O/c1-4-17-10-20(23(24,25)26)31-21(27-17)11-19(29-31)16-7-8-30(12-16)13-22(32)28-18-6-5-14(2)9-15(18)3/h5-6,9,11,16-17,20,27H,4,7-8,10,12-13H2,1-3H3,(H,28,32)/t16-,17+,20-/m1/s1. The van der Waals surface area contributed by atoms with Gasteiger partial charge in [0.2, 0.25) is 5.91 Å². The largest absolute Gasteiger partial charge is 0.410 e.